The summed E-state index contributed by atoms with van der Waals surface area (Å²) >= 11 is 0. The molecule has 24 heavy (non-hydrogen) atoms. The van der Waals surface area contributed by atoms with Gasteiger partial charge in [-0.3, -0.25) is 4.79 Å². The van der Waals surface area contributed by atoms with Crippen LogP contribution in [0.1, 0.15) is 43.5 Å². The van der Waals surface area contributed by atoms with Gasteiger partial charge in [0.25, 0.3) is 0 Å². The van der Waals surface area contributed by atoms with E-state index in [9.17, 15) is 9.59 Å². The largest absolute Gasteiger partial charge is 0.462 e. The predicted molar refractivity (Wildman–Crippen MR) is 97.7 cm³/mol. The summed E-state index contributed by atoms with van der Waals surface area (Å²) < 4.78 is 4.94. The monoisotopic (exact) mass is 354 g/mol. The van der Waals surface area contributed by atoms with Gasteiger partial charge in [-0.25, -0.2) is 4.79 Å². The van der Waals surface area contributed by atoms with E-state index >= 15 is 0 Å². The molecule has 5 nitrogen and oxygen atoms in total. The minimum atomic E-state index is -0.344. The van der Waals surface area contributed by atoms with E-state index in [1.54, 1.807) is 31.2 Å². The summed E-state index contributed by atoms with van der Waals surface area (Å²) in [5, 5.41) is 6.29. The van der Waals surface area contributed by atoms with Gasteiger partial charge in [-0.2, -0.15) is 0 Å². The molecule has 0 aromatic heterocycles. The normalized spacial score (nSPS) is 18.2. The molecule has 1 amide bonds. The second-order valence-corrected chi connectivity index (χ2v) is 6.13. The molecule has 2 unspecified atom stereocenters. The third-order valence-electron chi connectivity index (χ3n) is 4.33. The van der Waals surface area contributed by atoms with E-state index in [0.717, 1.165) is 13.1 Å². The van der Waals surface area contributed by atoms with E-state index in [-0.39, 0.29) is 24.3 Å². The highest BCUT2D eigenvalue weighted by molar-refractivity contribution is 5.93. The number of nitrogens with one attached hydrogen (secondary N) is 2. The topological polar surface area (TPSA) is 67.4 Å². The minimum Gasteiger partial charge on any atom is -0.462 e. The maximum Gasteiger partial charge on any atom is 0.338 e. The zero-order valence-electron chi connectivity index (χ0n) is 14.3. The fourth-order valence-corrected chi connectivity index (χ4v) is 2.94. The van der Waals surface area contributed by atoms with Crippen LogP contribution in [0.5, 0.6) is 0 Å². The fraction of sp³-hybridized carbons (Fsp3) is 0.556. The van der Waals surface area contributed by atoms with Crippen molar-refractivity contribution in [2.24, 2.45) is 11.8 Å². The molecule has 6 heteroatoms. The number of benzene rings is 1. The van der Waals surface area contributed by atoms with Crippen LogP contribution in [-0.2, 0) is 9.53 Å². The molecule has 1 aliphatic rings. The Labute approximate surface area is 149 Å². The Morgan fingerprint density at radius 1 is 1.33 bits per heavy atom. The molecule has 1 aliphatic heterocycles. The SMILES string of the molecule is CCOC(=O)c1ccc(NC(=O)CC(C)C2CCCNC2)cc1.Cl. The number of rotatable bonds is 6. The Hall–Kier alpha value is -1.59. The van der Waals surface area contributed by atoms with Gasteiger partial charge in [-0.05, 0) is 69.0 Å². The number of esters is 1. The second-order valence-electron chi connectivity index (χ2n) is 6.13. The molecule has 2 atom stereocenters. The summed E-state index contributed by atoms with van der Waals surface area (Å²) in [7, 11) is 0. The number of anilines is 1. The van der Waals surface area contributed by atoms with Crippen LogP contribution in [0, 0.1) is 11.8 Å². The highest BCUT2D eigenvalue weighted by Gasteiger charge is 2.22. The highest BCUT2D eigenvalue weighted by atomic mass is 35.5. The van der Waals surface area contributed by atoms with E-state index in [4.69, 9.17) is 4.74 Å². The molecule has 1 fully saturated rings. The van der Waals surface area contributed by atoms with Crippen LogP contribution in [0.25, 0.3) is 0 Å². The first-order valence-electron chi connectivity index (χ1n) is 8.38. The first-order valence-corrected chi connectivity index (χ1v) is 8.38. The molecular weight excluding hydrogens is 328 g/mol. The number of carbonyl (C=O) groups excluding carboxylic acids is 2. The zero-order chi connectivity index (χ0) is 16.7. The van der Waals surface area contributed by atoms with Crippen molar-refractivity contribution in [3.05, 3.63) is 29.8 Å². The predicted octanol–water partition coefficient (Wildman–Crippen LogP) is 3.25. The van der Waals surface area contributed by atoms with Crippen molar-refractivity contribution in [1.82, 2.24) is 5.32 Å². The van der Waals surface area contributed by atoms with E-state index in [2.05, 4.69) is 17.6 Å². The van der Waals surface area contributed by atoms with Crippen molar-refractivity contribution in [2.45, 2.75) is 33.1 Å². The lowest BCUT2D eigenvalue weighted by atomic mass is 9.85. The third kappa shape index (κ3) is 6.13. The van der Waals surface area contributed by atoms with Crippen molar-refractivity contribution in [2.75, 3.05) is 25.0 Å². The van der Waals surface area contributed by atoms with E-state index in [1.807, 2.05) is 0 Å². The van der Waals surface area contributed by atoms with Crippen LogP contribution in [-0.4, -0.2) is 31.6 Å². The average Bonchev–Trinajstić information content (AvgIpc) is 2.56. The highest BCUT2D eigenvalue weighted by Crippen LogP contribution is 2.23. The van der Waals surface area contributed by atoms with Crippen LogP contribution in [0.2, 0.25) is 0 Å². The molecule has 134 valence electrons. The number of ether oxygens (including phenoxy) is 1. The zero-order valence-corrected chi connectivity index (χ0v) is 15.2. The fourth-order valence-electron chi connectivity index (χ4n) is 2.94. The summed E-state index contributed by atoms with van der Waals surface area (Å²) in [5.41, 5.74) is 1.20. The van der Waals surface area contributed by atoms with Crippen LogP contribution in [0.4, 0.5) is 5.69 Å². The molecule has 2 N–H and O–H groups in total. The van der Waals surface area contributed by atoms with E-state index in [1.165, 1.54) is 12.8 Å². The standard InChI is InChI=1S/C18H26N2O3.ClH/c1-3-23-18(22)14-6-8-16(9-7-14)20-17(21)11-13(2)15-5-4-10-19-12-15;/h6-9,13,15,19H,3-5,10-12H2,1-2H3,(H,20,21);1H. The molecule has 1 aromatic carbocycles. The van der Waals surface area contributed by atoms with Gasteiger partial charge >= 0.3 is 5.97 Å². The number of piperidine rings is 1. The Morgan fingerprint density at radius 2 is 2.04 bits per heavy atom. The second kappa shape index (κ2) is 10.3. The van der Waals surface area contributed by atoms with Gasteiger partial charge < -0.3 is 15.4 Å². The number of amides is 1. The van der Waals surface area contributed by atoms with Crippen LogP contribution in [0.3, 0.4) is 0 Å². The van der Waals surface area contributed by atoms with Gasteiger partial charge in [0.15, 0.2) is 0 Å². The summed E-state index contributed by atoms with van der Waals surface area (Å²) in [6.45, 7) is 6.35. The third-order valence-corrected chi connectivity index (χ3v) is 4.33. The molecule has 1 heterocycles. The Bertz CT molecular complexity index is 528. The van der Waals surface area contributed by atoms with Crippen molar-refractivity contribution in [3.63, 3.8) is 0 Å². The molecule has 0 spiro atoms. The van der Waals surface area contributed by atoms with Crippen molar-refractivity contribution in [1.29, 1.82) is 0 Å². The molecule has 1 saturated heterocycles. The molecule has 1 aromatic rings. The van der Waals surface area contributed by atoms with Crippen LogP contribution in [0.15, 0.2) is 24.3 Å². The van der Waals surface area contributed by atoms with Gasteiger partial charge in [-0.15, -0.1) is 12.4 Å². The maximum absolute atomic E-state index is 12.2. The van der Waals surface area contributed by atoms with E-state index in [0.29, 0.717) is 36.1 Å². The van der Waals surface area contributed by atoms with Gasteiger partial charge in [0.2, 0.25) is 5.91 Å². The minimum absolute atomic E-state index is 0. The van der Waals surface area contributed by atoms with Crippen molar-refractivity contribution < 1.29 is 14.3 Å². The first kappa shape index (κ1) is 20.5. The first-order chi connectivity index (χ1) is 11.1. The summed E-state index contributed by atoms with van der Waals surface area (Å²) in [6, 6.07) is 6.80. The number of carbonyl (C=O) groups is 2. The van der Waals surface area contributed by atoms with E-state index < -0.39 is 0 Å². The van der Waals surface area contributed by atoms with Gasteiger partial charge in [0.1, 0.15) is 0 Å². The van der Waals surface area contributed by atoms with Crippen LogP contribution < -0.4 is 10.6 Å². The Kier molecular flexibility index (Phi) is 8.79. The lowest BCUT2D eigenvalue weighted by Gasteiger charge is -2.28. The maximum atomic E-state index is 12.2. The van der Waals surface area contributed by atoms with Crippen molar-refractivity contribution >= 4 is 30.0 Å². The average molecular weight is 355 g/mol. The Balaban J connectivity index is 0.00000288. The number of hydrogen-bond acceptors (Lipinski definition) is 4. The summed E-state index contributed by atoms with van der Waals surface area (Å²) in [6.07, 6.45) is 2.90. The smallest absolute Gasteiger partial charge is 0.338 e. The molecule has 0 bridgehead atoms. The number of halogens is 1. The van der Waals surface area contributed by atoms with Gasteiger partial charge in [0, 0.05) is 12.1 Å². The molecule has 0 radical (unpaired) electrons. The molecule has 2 rings (SSSR count). The molecular formula is C18H27ClN2O3. The number of hydrogen-bond donors (Lipinski definition) is 2. The summed E-state index contributed by atoms with van der Waals surface area (Å²) in [4.78, 5) is 23.7. The summed E-state index contributed by atoms with van der Waals surface area (Å²) in [5.74, 6) is 0.609. The van der Waals surface area contributed by atoms with Crippen molar-refractivity contribution in [3.8, 4) is 0 Å². The Morgan fingerprint density at radius 3 is 2.62 bits per heavy atom. The van der Waals surface area contributed by atoms with Crippen LogP contribution >= 0.6 is 12.4 Å². The van der Waals surface area contributed by atoms with Gasteiger partial charge in [-0.1, -0.05) is 6.92 Å². The lowest BCUT2D eigenvalue weighted by molar-refractivity contribution is -0.117. The van der Waals surface area contributed by atoms with Gasteiger partial charge in [0.05, 0.1) is 12.2 Å². The quantitative estimate of drug-likeness (QED) is 0.769. The molecule has 0 saturated carbocycles. The molecule has 0 aliphatic carbocycles. The lowest BCUT2D eigenvalue weighted by Crippen LogP contribution is -2.34.